The summed E-state index contributed by atoms with van der Waals surface area (Å²) in [6, 6.07) is 0.0149. The Kier molecular flexibility index (Phi) is 35.5. The average Bonchev–Trinajstić information content (AvgIpc) is 3.02. The number of rotatable bonds is 24. The highest BCUT2D eigenvalue weighted by Crippen LogP contribution is 2.25. The maximum Gasteiger partial charge on any atom is 0.223 e. The molecule has 1 amide bonds. The largest absolute Gasteiger partial charge is 0.493 e. The van der Waals surface area contributed by atoms with Crippen LogP contribution in [0.2, 0.25) is 0 Å². The summed E-state index contributed by atoms with van der Waals surface area (Å²) in [4.78, 5) is 13.1. The van der Waals surface area contributed by atoms with Gasteiger partial charge in [0.15, 0.2) is 0 Å². The minimum absolute atomic E-state index is 0.0350. The highest BCUT2D eigenvalue weighted by atomic mass is 16.5. The van der Waals surface area contributed by atoms with Crippen LogP contribution in [0, 0.1) is 41.4 Å². The maximum atomic E-state index is 13.1. The van der Waals surface area contributed by atoms with Crippen molar-refractivity contribution in [1.82, 2.24) is 16.0 Å². The van der Waals surface area contributed by atoms with Gasteiger partial charge in [0.05, 0.1) is 23.9 Å². The SMILES string of the molecule is C=C(C)OC(C)(C)C.C=C(C)[C@@H](C)CC(C)C.C=C(N[C@@H](CC(C)C)C(O)CC(C)C(=O)N[C@@H](CC(C)C)C(=C)NC(C)C)C(C)CC(CC)CCC.CC. The highest BCUT2D eigenvalue weighted by Gasteiger charge is 2.28. The second-order valence-corrected chi connectivity index (χ2v) is 18.6. The van der Waals surface area contributed by atoms with E-state index < -0.39 is 6.10 Å². The van der Waals surface area contributed by atoms with Crippen LogP contribution in [0.25, 0.3) is 0 Å². The zero-order valence-corrected chi connectivity index (χ0v) is 40.6. The van der Waals surface area contributed by atoms with Gasteiger partial charge in [0.2, 0.25) is 5.91 Å². The minimum atomic E-state index is -0.629. The van der Waals surface area contributed by atoms with Gasteiger partial charge in [0, 0.05) is 23.4 Å². The molecule has 0 aromatic heterocycles. The molecule has 0 heterocycles. The third-order valence-corrected chi connectivity index (χ3v) is 9.22. The molecule has 0 saturated carbocycles. The summed E-state index contributed by atoms with van der Waals surface area (Å²) in [5.41, 5.74) is 3.08. The third kappa shape index (κ3) is 35.9. The molecule has 7 atom stereocenters. The van der Waals surface area contributed by atoms with Crippen molar-refractivity contribution in [3.05, 3.63) is 49.0 Å². The number of hydrogen-bond acceptors (Lipinski definition) is 5. The van der Waals surface area contributed by atoms with E-state index in [1.165, 1.54) is 31.3 Å². The topological polar surface area (TPSA) is 82.6 Å². The summed E-state index contributed by atoms with van der Waals surface area (Å²) in [7, 11) is 0. The number of ether oxygens (including phenoxy) is 1. The van der Waals surface area contributed by atoms with Gasteiger partial charge in [-0.05, 0) is 116 Å². The lowest BCUT2D eigenvalue weighted by atomic mass is 9.87. The van der Waals surface area contributed by atoms with E-state index >= 15 is 0 Å². The normalized spacial score (nSPS) is 15.0. The van der Waals surface area contributed by atoms with Crippen molar-refractivity contribution in [2.75, 3.05) is 0 Å². The van der Waals surface area contributed by atoms with Crippen LogP contribution in [0.3, 0.4) is 0 Å². The third-order valence-electron chi connectivity index (χ3n) is 9.22. The van der Waals surface area contributed by atoms with E-state index in [-0.39, 0.29) is 35.6 Å². The van der Waals surface area contributed by atoms with Crippen molar-refractivity contribution in [2.24, 2.45) is 41.4 Å². The molecular formula is C49H99N3O3. The summed E-state index contributed by atoms with van der Waals surface area (Å²) in [6.45, 7) is 58.2. The van der Waals surface area contributed by atoms with Crippen molar-refractivity contribution in [1.29, 1.82) is 0 Å². The molecule has 6 heteroatoms. The minimum Gasteiger partial charge on any atom is -0.493 e. The zero-order chi connectivity index (χ0) is 44.2. The van der Waals surface area contributed by atoms with Gasteiger partial charge in [0.1, 0.15) is 5.60 Å². The second-order valence-electron chi connectivity index (χ2n) is 18.6. The fraction of sp³-hybridized carbons (Fsp3) is 0.816. The Morgan fingerprint density at radius 2 is 1.15 bits per heavy atom. The van der Waals surface area contributed by atoms with Gasteiger partial charge < -0.3 is 25.8 Å². The number of amides is 1. The second kappa shape index (κ2) is 32.8. The average molecular weight is 778 g/mol. The fourth-order valence-corrected chi connectivity index (χ4v) is 6.35. The van der Waals surface area contributed by atoms with Crippen molar-refractivity contribution in [3.63, 3.8) is 0 Å². The Morgan fingerprint density at radius 3 is 1.47 bits per heavy atom. The van der Waals surface area contributed by atoms with E-state index in [1.54, 1.807) is 0 Å². The number of aliphatic hydroxyl groups excluding tert-OH is 1. The van der Waals surface area contributed by atoms with Crippen LogP contribution in [0.1, 0.15) is 190 Å². The fourth-order valence-electron chi connectivity index (χ4n) is 6.35. The van der Waals surface area contributed by atoms with Gasteiger partial charge in [-0.25, -0.2) is 0 Å². The van der Waals surface area contributed by atoms with Gasteiger partial charge in [0.25, 0.3) is 0 Å². The number of carbonyl (C=O) groups excluding carboxylic acids is 1. The van der Waals surface area contributed by atoms with Gasteiger partial charge in [-0.3, -0.25) is 4.79 Å². The Morgan fingerprint density at radius 1 is 0.655 bits per heavy atom. The first kappa shape index (κ1) is 59.5. The Hall–Kier alpha value is -2.21. The van der Waals surface area contributed by atoms with Crippen LogP contribution < -0.4 is 16.0 Å². The molecule has 0 aliphatic carbocycles. The van der Waals surface area contributed by atoms with Crippen LogP contribution in [-0.4, -0.2) is 40.8 Å². The molecule has 0 aromatic rings. The van der Waals surface area contributed by atoms with Crippen molar-refractivity contribution in [3.8, 4) is 0 Å². The van der Waals surface area contributed by atoms with E-state index in [0.717, 1.165) is 42.3 Å². The van der Waals surface area contributed by atoms with Crippen molar-refractivity contribution in [2.45, 2.75) is 220 Å². The molecule has 0 rings (SSSR count). The zero-order valence-electron chi connectivity index (χ0n) is 40.6. The van der Waals surface area contributed by atoms with E-state index in [0.29, 0.717) is 36.0 Å². The first-order chi connectivity index (χ1) is 25.2. The molecule has 0 aliphatic rings. The molecule has 4 unspecified atom stereocenters. The van der Waals surface area contributed by atoms with Crippen LogP contribution in [0.4, 0.5) is 0 Å². The van der Waals surface area contributed by atoms with Crippen LogP contribution >= 0.6 is 0 Å². The lowest BCUT2D eigenvalue weighted by molar-refractivity contribution is -0.126. The molecule has 0 radical (unpaired) electrons. The summed E-state index contributed by atoms with van der Waals surface area (Å²) in [5.74, 6) is 3.84. The number of carbonyl (C=O) groups is 1. The highest BCUT2D eigenvalue weighted by molar-refractivity contribution is 5.79. The number of nitrogens with one attached hydrogen (secondary N) is 3. The molecule has 328 valence electrons. The molecule has 0 fully saturated rings. The molecule has 0 aromatic carbocycles. The van der Waals surface area contributed by atoms with E-state index in [4.69, 9.17) is 4.74 Å². The van der Waals surface area contributed by atoms with Gasteiger partial charge in [-0.2, -0.15) is 0 Å². The first-order valence-electron chi connectivity index (χ1n) is 22.1. The predicted octanol–water partition coefficient (Wildman–Crippen LogP) is 13.4. The van der Waals surface area contributed by atoms with E-state index in [2.05, 4.69) is 132 Å². The number of hydrogen-bond donors (Lipinski definition) is 4. The monoisotopic (exact) mass is 778 g/mol. The summed E-state index contributed by atoms with van der Waals surface area (Å²) in [5, 5.41) is 21.3. The van der Waals surface area contributed by atoms with Gasteiger partial charge in [-0.15, -0.1) is 0 Å². The van der Waals surface area contributed by atoms with Crippen LogP contribution in [0.5, 0.6) is 0 Å². The van der Waals surface area contributed by atoms with Crippen molar-refractivity contribution < 1.29 is 14.6 Å². The van der Waals surface area contributed by atoms with Crippen molar-refractivity contribution >= 4 is 5.91 Å². The molecule has 0 saturated heterocycles. The lowest BCUT2D eigenvalue weighted by Crippen LogP contribution is -2.46. The standard InChI is InChI=1S/C31H61N3O2.C9H18.C7H14O.C2H6/c1-13-15-27(14-2)18-23(9)25(11)33-29(17-21(5)6)30(35)19-24(10)31(36)34-28(16-20(3)4)26(12)32-22(7)8;1-7(2)6-9(5)8(3)4;1-6(2)8-7(3,4)5;1-2/h20-24,27-30,32-33,35H,11-19H2,1-10H3,(H,34,36);7,9H,3,6H2,1-2,4-5H3;1H2,2-5H3;1-2H3/t23?,24?,27?,28-,29-,30?;9-;;/m00../s1. The van der Waals surface area contributed by atoms with Gasteiger partial charge >= 0.3 is 0 Å². The molecular weight excluding hydrogens is 679 g/mol. The molecule has 55 heavy (non-hydrogen) atoms. The predicted molar refractivity (Wildman–Crippen MR) is 247 cm³/mol. The summed E-state index contributed by atoms with van der Waals surface area (Å²) >= 11 is 0. The van der Waals surface area contributed by atoms with Crippen LogP contribution in [-0.2, 0) is 9.53 Å². The Labute approximate surface area is 345 Å². The van der Waals surface area contributed by atoms with E-state index in [1.807, 2.05) is 48.5 Å². The Bertz CT molecular complexity index is 1020. The molecule has 0 bridgehead atoms. The quantitative estimate of drug-likeness (QED) is 0.0579. The van der Waals surface area contributed by atoms with Crippen LogP contribution in [0.15, 0.2) is 49.0 Å². The number of allylic oxidation sites excluding steroid dienone is 3. The molecule has 0 aliphatic heterocycles. The molecule has 0 spiro atoms. The summed E-state index contributed by atoms with van der Waals surface area (Å²) in [6.07, 6.45) is 7.46. The summed E-state index contributed by atoms with van der Waals surface area (Å²) < 4.78 is 5.24. The lowest BCUT2D eigenvalue weighted by Gasteiger charge is -2.32. The maximum absolute atomic E-state index is 13.1. The molecule has 4 N–H and O–H groups in total. The molecule has 6 nitrogen and oxygen atoms in total. The smallest absolute Gasteiger partial charge is 0.223 e. The number of aliphatic hydroxyl groups is 1. The van der Waals surface area contributed by atoms with Gasteiger partial charge in [-0.1, -0.05) is 141 Å². The Balaban J connectivity index is -0.000000557. The first-order valence-corrected chi connectivity index (χ1v) is 22.1. The van der Waals surface area contributed by atoms with E-state index in [9.17, 15) is 9.90 Å².